The number of halogens is 2. The molecule has 0 aromatic carbocycles. The first-order valence-corrected chi connectivity index (χ1v) is 8.59. The lowest BCUT2D eigenvalue weighted by atomic mass is 9.80. The van der Waals surface area contributed by atoms with E-state index in [1.807, 2.05) is 0 Å². The summed E-state index contributed by atoms with van der Waals surface area (Å²) in [5.41, 5.74) is 2.49. The highest BCUT2D eigenvalue weighted by Crippen LogP contribution is 2.37. The van der Waals surface area contributed by atoms with Crippen LogP contribution in [-0.2, 0) is 13.0 Å². The molecule has 4 heteroatoms. The van der Waals surface area contributed by atoms with Gasteiger partial charge in [0.15, 0.2) is 0 Å². The Balaban J connectivity index is 2.17. The summed E-state index contributed by atoms with van der Waals surface area (Å²) in [4.78, 5) is 0.668. The first-order chi connectivity index (χ1) is 8.52. The average molecular weight is 378 g/mol. The van der Waals surface area contributed by atoms with E-state index in [1.54, 1.807) is 0 Å². The maximum absolute atomic E-state index is 4.59. The van der Waals surface area contributed by atoms with Crippen molar-refractivity contribution in [2.75, 3.05) is 0 Å². The fourth-order valence-electron chi connectivity index (χ4n) is 2.99. The molecule has 1 saturated carbocycles. The van der Waals surface area contributed by atoms with Gasteiger partial charge in [0.25, 0.3) is 0 Å². The summed E-state index contributed by atoms with van der Waals surface area (Å²) in [5.74, 6) is 1.60. The van der Waals surface area contributed by atoms with Crippen molar-refractivity contribution in [3.63, 3.8) is 0 Å². The van der Waals surface area contributed by atoms with Gasteiger partial charge >= 0.3 is 0 Å². The highest BCUT2D eigenvalue weighted by molar-refractivity contribution is 9.10. The van der Waals surface area contributed by atoms with Gasteiger partial charge in [-0.15, -0.1) is 0 Å². The zero-order valence-electron chi connectivity index (χ0n) is 11.4. The lowest BCUT2D eigenvalue weighted by Gasteiger charge is -2.31. The number of nitrogens with zero attached hydrogens (tertiary/aromatic N) is 2. The van der Waals surface area contributed by atoms with Crippen LogP contribution in [0, 0.1) is 18.8 Å². The Kier molecular flexibility index (Phi) is 4.92. The first-order valence-electron chi connectivity index (χ1n) is 6.88. The molecule has 1 aliphatic carbocycles. The van der Waals surface area contributed by atoms with Crippen molar-refractivity contribution in [1.82, 2.24) is 9.78 Å². The lowest BCUT2D eigenvalue weighted by Crippen LogP contribution is -2.26. The molecule has 0 N–H and O–H groups in total. The molecule has 0 radical (unpaired) electrons. The van der Waals surface area contributed by atoms with Gasteiger partial charge in [-0.2, -0.15) is 5.10 Å². The van der Waals surface area contributed by atoms with Gasteiger partial charge in [0, 0.05) is 11.4 Å². The van der Waals surface area contributed by atoms with Crippen molar-refractivity contribution in [3.05, 3.63) is 15.9 Å². The smallest absolute Gasteiger partial charge is 0.0738 e. The van der Waals surface area contributed by atoms with Crippen LogP contribution in [0.1, 0.15) is 44.5 Å². The van der Waals surface area contributed by atoms with Gasteiger partial charge < -0.3 is 0 Å². The van der Waals surface area contributed by atoms with E-state index in [-0.39, 0.29) is 0 Å². The zero-order valence-corrected chi connectivity index (χ0v) is 14.6. The molecule has 1 aliphatic rings. The van der Waals surface area contributed by atoms with Gasteiger partial charge in [-0.1, -0.05) is 22.9 Å². The lowest BCUT2D eigenvalue weighted by molar-refractivity contribution is 0.289. The van der Waals surface area contributed by atoms with E-state index in [9.17, 15) is 0 Å². The summed E-state index contributed by atoms with van der Waals surface area (Å²) < 4.78 is 3.36. The van der Waals surface area contributed by atoms with E-state index >= 15 is 0 Å². The maximum atomic E-state index is 4.59. The van der Waals surface area contributed by atoms with Crippen LogP contribution < -0.4 is 0 Å². The van der Waals surface area contributed by atoms with Gasteiger partial charge in [-0.05, 0) is 67.3 Å². The minimum absolute atomic E-state index is 0.668. The molecule has 1 aromatic rings. The molecular formula is C14H22Br2N2. The fraction of sp³-hybridized carbons (Fsp3) is 0.786. The number of rotatable bonds is 3. The Morgan fingerprint density at radius 3 is 2.78 bits per heavy atom. The van der Waals surface area contributed by atoms with E-state index in [4.69, 9.17) is 0 Å². The molecule has 3 unspecified atom stereocenters. The second-order valence-electron chi connectivity index (χ2n) is 5.56. The SMILES string of the molecule is CCn1nc(C)c(Br)c1CC1CC(C)CCC1Br. The molecule has 1 fully saturated rings. The third-order valence-electron chi connectivity index (χ3n) is 4.06. The Bertz CT molecular complexity index is 414. The summed E-state index contributed by atoms with van der Waals surface area (Å²) in [7, 11) is 0. The second-order valence-corrected chi connectivity index (χ2v) is 7.53. The van der Waals surface area contributed by atoms with Crippen LogP contribution in [0.4, 0.5) is 0 Å². The summed E-state index contributed by atoms with van der Waals surface area (Å²) >= 11 is 7.58. The zero-order chi connectivity index (χ0) is 13.3. The summed E-state index contributed by atoms with van der Waals surface area (Å²) in [6.07, 6.45) is 5.13. The molecule has 2 rings (SSSR count). The van der Waals surface area contributed by atoms with Gasteiger partial charge in [0.1, 0.15) is 0 Å². The van der Waals surface area contributed by atoms with Crippen molar-refractivity contribution in [2.45, 2.75) is 57.8 Å². The highest BCUT2D eigenvalue weighted by atomic mass is 79.9. The van der Waals surface area contributed by atoms with Crippen LogP contribution >= 0.6 is 31.9 Å². The normalized spacial score (nSPS) is 28.6. The van der Waals surface area contributed by atoms with Crippen molar-refractivity contribution < 1.29 is 0 Å². The Hall–Kier alpha value is 0.170. The van der Waals surface area contributed by atoms with E-state index in [0.29, 0.717) is 4.83 Å². The molecule has 3 atom stereocenters. The topological polar surface area (TPSA) is 17.8 Å². The van der Waals surface area contributed by atoms with Crippen molar-refractivity contribution >= 4 is 31.9 Å². The Labute approximate surface area is 127 Å². The number of aryl methyl sites for hydroxylation is 2. The van der Waals surface area contributed by atoms with Crippen LogP contribution in [0.15, 0.2) is 4.47 Å². The monoisotopic (exact) mass is 376 g/mol. The minimum atomic E-state index is 0.668. The molecule has 0 saturated heterocycles. The quantitative estimate of drug-likeness (QED) is 0.697. The molecule has 18 heavy (non-hydrogen) atoms. The minimum Gasteiger partial charge on any atom is -0.268 e. The molecule has 102 valence electrons. The highest BCUT2D eigenvalue weighted by Gasteiger charge is 2.28. The van der Waals surface area contributed by atoms with Gasteiger partial charge in [0.05, 0.1) is 15.9 Å². The van der Waals surface area contributed by atoms with Gasteiger partial charge in [-0.25, -0.2) is 0 Å². The van der Waals surface area contributed by atoms with Crippen LogP contribution in [0.2, 0.25) is 0 Å². The molecule has 0 aliphatic heterocycles. The van der Waals surface area contributed by atoms with Crippen LogP contribution in [0.3, 0.4) is 0 Å². The molecule has 0 amide bonds. The number of hydrogen-bond acceptors (Lipinski definition) is 1. The molecule has 0 bridgehead atoms. The van der Waals surface area contributed by atoms with Crippen LogP contribution in [-0.4, -0.2) is 14.6 Å². The second kappa shape index (κ2) is 6.08. The Morgan fingerprint density at radius 2 is 2.11 bits per heavy atom. The Morgan fingerprint density at radius 1 is 1.39 bits per heavy atom. The van der Waals surface area contributed by atoms with Crippen LogP contribution in [0.25, 0.3) is 0 Å². The third kappa shape index (κ3) is 3.01. The van der Waals surface area contributed by atoms with E-state index in [1.165, 1.54) is 29.4 Å². The van der Waals surface area contributed by atoms with E-state index in [0.717, 1.165) is 30.5 Å². The third-order valence-corrected chi connectivity index (χ3v) is 6.30. The standard InChI is InChI=1S/C14H22Br2N2/c1-4-18-13(14(16)10(3)17-18)8-11-7-9(2)5-6-12(11)15/h9,11-12H,4-8H2,1-3H3. The largest absolute Gasteiger partial charge is 0.268 e. The molecule has 2 nitrogen and oxygen atoms in total. The van der Waals surface area contributed by atoms with Crippen LogP contribution in [0.5, 0.6) is 0 Å². The van der Waals surface area contributed by atoms with Crippen molar-refractivity contribution in [3.8, 4) is 0 Å². The van der Waals surface area contributed by atoms with Gasteiger partial charge in [-0.3, -0.25) is 4.68 Å². The summed E-state index contributed by atoms with van der Waals surface area (Å²) in [6, 6.07) is 0. The molecule has 1 heterocycles. The molecule has 0 spiro atoms. The number of alkyl halides is 1. The maximum Gasteiger partial charge on any atom is 0.0738 e. The molecular weight excluding hydrogens is 356 g/mol. The average Bonchev–Trinajstić information content (AvgIpc) is 2.61. The number of aromatic nitrogens is 2. The predicted octanol–water partition coefficient (Wildman–Crippen LogP) is 4.72. The van der Waals surface area contributed by atoms with E-state index < -0.39 is 0 Å². The van der Waals surface area contributed by atoms with Crippen molar-refractivity contribution in [2.24, 2.45) is 11.8 Å². The van der Waals surface area contributed by atoms with E-state index in [2.05, 4.69) is 62.4 Å². The van der Waals surface area contributed by atoms with Gasteiger partial charge in [0.2, 0.25) is 0 Å². The molecule has 1 aromatic heterocycles. The first kappa shape index (κ1) is 14.6. The fourth-order valence-corrected chi connectivity index (χ4v) is 4.10. The number of hydrogen-bond donors (Lipinski definition) is 0. The summed E-state index contributed by atoms with van der Waals surface area (Å²) in [5, 5.41) is 4.59. The van der Waals surface area contributed by atoms with Crippen molar-refractivity contribution in [1.29, 1.82) is 0 Å². The predicted molar refractivity (Wildman–Crippen MR) is 83.3 cm³/mol. The summed E-state index contributed by atoms with van der Waals surface area (Å²) in [6.45, 7) is 7.58.